The number of nitrogens with one attached hydrogen (secondary N) is 1. The van der Waals surface area contributed by atoms with Crippen molar-refractivity contribution >= 4 is 34.4 Å². The Hall–Kier alpha value is -1.65. The largest absolute Gasteiger partial charge is 0.303 e. The van der Waals surface area contributed by atoms with Crippen molar-refractivity contribution in [3.05, 3.63) is 66.6 Å². The predicted molar refractivity (Wildman–Crippen MR) is 104 cm³/mol. The zero-order chi connectivity index (χ0) is 17.1. The quantitative estimate of drug-likeness (QED) is 0.649. The van der Waals surface area contributed by atoms with Gasteiger partial charge in [0.2, 0.25) is 0 Å². The average molecular weight is 352 g/mol. The molecule has 1 aromatic heterocycles. The van der Waals surface area contributed by atoms with E-state index < -0.39 is 0 Å². The van der Waals surface area contributed by atoms with Crippen LogP contribution in [0.15, 0.2) is 35.6 Å². The van der Waals surface area contributed by atoms with Crippen molar-refractivity contribution in [2.45, 2.75) is 12.8 Å². The summed E-state index contributed by atoms with van der Waals surface area (Å²) in [5.74, 6) is 2.50. The second-order valence-electron chi connectivity index (χ2n) is 6.38. The molecule has 1 aromatic carbocycles. The zero-order valence-electron chi connectivity index (χ0n) is 14.0. The van der Waals surface area contributed by atoms with Gasteiger partial charge in [-0.15, -0.1) is 0 Å². The summed E-state index contributed by atoms with van der Waals surface area (Å²) in [6, 6.07) is 7.61. The third-order valence-corrected chi connectivity index (χ3v) is 4.87. The molecule has 0 unspecified atom stereocenters. The lowest BCUT2D eigenvalue weighted by atomic mass is 9.97. The number of aromatic nitrogens is 1. The molecule has 2 aliphatic rings. The van der Waals surface area contributed by atoms with E-state index in [0.717, 1.165) is 23.1 Å². The van der Waals surface area contributed by atoms with Crippen molar-refractivity contribution in [1.82, 2.24) is 9.88 Å². The lowest BCUT2D eigenvalue weighted by Crippen LogP contribution is -2.27. The molecule has 0 bridgehead atoms. The van der Waals surface area contributed by atoms with Crippen LogP contribution in [0.4, 0.5) is 5.69 Å². The summed E-state index contributed by atoms with van der Waals surface area (Å²) in [5, 5.41) is 6.13. The summed E-state index contributed by atoms with van der Waals surface area (Å²) >= 11 is 6.04. The van der Waals surface area contributed by atoms with Crippen LogP contribution in [0, 0.1) is 31.1 Å². The molecule has 2 heterocycles. The molecule has 1 saturated carbocycles. The number of hydrogen-bond donors (Lipinski definition) is 1. The highest BCUT2D eigenvalue weighted by atomic mass is 35.5. The normalized spacial score (nSPS) is 20.2. The molecule has 1 N–H and O–H groups in total. The van der Waals surface area contributed by atoms with E-state index in [0.29, 0.717) is 5.02 Å². The highest BCUT2D eigenvalue weighted by Gasteiger charge is 2.30. The molecule has 4 nitrogen and oxygen atoms in total. The smallest absolute Gasteiger partial charge is 0.0738 e. The van der Waals surface area contributed by atoms with Crippen molar-refractivity contribution in [3.63, 3.8) is 0 Å². The third-order valence-electron chi connectivity index (χ3n) is 4.63. The molecule has 25 heavy (non-hydrogen) atoms. The van der Waals surface area contributed by atoms with Crippen molar-refractivity contribution in [3.8, 4) is 0 Å². The first-order valence-corrected chi connectivity index (χ1v) is 8.98. The molecule has 5 radical (unpaired) electrons. The van der Waals surface area contributed by atoms with Gasteiger partial charge in [-0.1, -0.05) is 11.6 Å². The van der Waals surface area contributed by atoms with Crippen LogP contribution in [-0.2, 0) is 0 Å². The van der Waals surface area contributed by atoms with Crippen LogP contribution >= 0.6 is 11.6 Å². The molecular weight excluding hydrogens is 332 g/mol. The predicted octanol–water partition coefficient (Wildman–Crippen LogP) is 4.16. The summed E-state index contributed by atoms with van der Waals surface area (Å²) in [6.45, 7) is 3.40. The SMILES string of the molecule is Clc1ccc2c(N/N=C/[C]3[CH][CH][CH][C]3CN3CCCC3)ccnc2c1. The molecule has 5 heteroatoms. The Morgan fingerprint density at radius 2 is 2.08 bits per heavy atom. The number of nitrogens with zero attached hydrogens (tertiary/aromatic N) is 3. The number of fused-ring (bicyclic) bond motifs is 1. The molecule has 2 fully saturated rings. The second-order valence-corrected chi connectivity index (χ2v) is 6.82. The van der Waals surface area contributed by atoms with Crippen LogP contribution in [-0.4, -0.2) is 35.7 Å². The van der Waals surface area contributed by atoms with Gasteiger partial charge in [-0.25, -0.2) is 0 Å². The summed E-state index contributed by atoms with van der Waals surface area (Å²) < 4.78 is 0. The van der Waals surface area contributed by atoms with Crippen molar-refractivity contribution in [1.29, 1.82) is 0 Å². The van der Waals surface area contributed by atoms with Gasteiger partial charge in [0.05, 0.1) is 11.2 Å². The zero-order valence-corrected chi connectivity index (χ0v) is 14.7. The molecule has 127 valence electrons. The fraction of sp³-hybridized carbons (Fsp3) is 0.250. The summed E-state index contributed by atoms with van der Waals surface area (Å²) in [5.41, 5.74) is 4.92. The van der Waals surface area contributed by atoms with E-state index in [2.05, 4.69) is 39.7 Å². The number of hydrazone groups is 1. The average Bonchev–Trinajstić information content (AvgIpc) is 3.27. The molecule has 0 spiro atoms. The number of likely N-dealkylation sites (tertiary alicyclic amines) is 1. The first-order valence-electron chi connectivity index (χ1n) is 8.60. The van der Waals surface area contributed by atoms with Crippen LogP contribution in [0.3, 0.4) is 0 Å². The Balaban J connectivity index is 1.42. The van der Waals surface area contributed by atoms with Crippen molar-refractivity contribution in [2.24, 2.45) is 5.10 Å². The topological polar surface area (TPSA) is 40.5 Å². The van der Waals surface area contributed by atoms with Crippen LogP contribution in [0.1, 0.15) is 12.8 Å². The van der Waals surface area contributed by atoms with E-state index in [9.17, 15) is 0 Å². The Morgan fingerprint density at radius 3 is 2.96 bits per heavy atom. The van der Waals surface area contributed by atoms with Gasteiger partial charge in [-0.05, 0) is 69.5 Å². The van der Waals surface area contributed by atoms with Crippen LogP contribution in [0.2, 0.25) is 5.02 Å². The van der Waals surface area contributed by atoms with Crippen LogP contribution in [0.5, 0.6) is 0 Å². The lowest BCUT2D eigenvalue weighted by molar-refractivity contribution is 0.357. The van der Waals surface area contributed by atoms with Gasteiger partial charge in [0.1, 0.15) is 0 Å². The minimum atomic E-state index is 0.684. The van der Waals surface area contributed by atoms with Crippen LogP contribution < -0.4 is 5.43 Å². The van der Waals surface area contributed by atoms with E-state index in [4.69, 9.17) is 11.6 Å². The van der Waals surface area contributed by atoms with Gasteiger partial charge in [0, 0.05) is 41.2 Å². The summed E-state index contributed by atoms with van der Waals surface area (Å²) in [7, 11) is 0. The molecule has 2 aromatic rings. The van der Waals surface area contributed by atoms with E-state index in [1.165, 1.54) is 37.8 Å². The highest BCUT2D eigenvalue weighted by molar-refractivity contribution is 6.31. The van der Waals surface area contributed by atoms with Crippen LogP contribution in [0.25, 0.3) is 10.9 Å². The number of pyridine rings is 1. The van der Waals surface area contributed by atoms with E-state index >= 15 is 0 Å². The Kier molecular flexibility index (Phi) is 5.18. The van der Waals surface area contributed by atoms with Gasteiger partial charge in [-0.2, -0.15) is 5.10 Å². The first-order chi connectivity index (χ1) is 12.3. The third kappa shape index (κ3) is 3.96. The van der Waals surface area contributed by atoms with Gasteiger partial charge in [0.15, 0.2) is 0 Å². The maximum Gasteiger partial charge on any atom is 0.0738 e. The number of anilines is 1. The fourth-order valence-corrected chi connectivity index (χ4v) is 3.48. The molecule has 4 rings (SSSR count). The molecule has 1 aliphatic heterocycles. The van der Waals surface area contributed by atoms with Crippen molar-refractivity contribution < 1.29 is 0 Å². The molecule has 1 saturated heterocycles. The van der Waals surface area contributed by atoms with E-state index in [1.54, 1.807) is 6.20 Å². The number of rotatable bonds is 5. The minimum absolute atomic E-state index is 0.684. The molecule has 1 aliphatic carbocycles. The second kappa shape index (κ2) is 7.71. The number of halogens is 1. The fourth-order valence-electron chi connectivity index (χ4n) is 3.31. The number of hydrogen-bond acceptors (Lipinski definition) is 4. The standard InChI is InChI=1S/C20H20ClN4/c21-17-6-7-18-19(8-9-22-20(18)12-17)24-23-13-15-4-3-5-16(15)14-25-10-1-2-11-25/h3-9,12-13H,1-2,10-11,14H2,(H,22,24)/b23-13+. The van der Waals surface area contributed by atoms with E-state index in [-0.39, 0.29) is 0 Å². The Labute approximate surface area is 154 Å². The lowest BCUT2D eigenvalue weighted by Gasteiger charge is -2.21. The number of benzene rings is 1. The summed E-state index contributed by atoms with van der Waals surface area (Å²) in [4.78, 5) is 6.85. The minimum Gasteiger partial charge on any atom is -0.303 e. The monoisotopic (exact) mass is 351 g/mol. The highest BCUT2D eigenvalue weighted by Crippen LogP contribution is 2.33. The molecule has 0 atom stereocenters. The maximum absolute atomic E-state index is 6.04. The molecule has 0 amide bonds. The first kappa shape index (κ1) is 16.8. The summed E-state index contributed by atoms with van der Waals surface area (Å²) in [6.07, 6.45) is 12.7. The van der Waals surface area contributed by atoms with Gasteiger partial charge >= 0.3 is 0 Å². The molecular formula is C20H20ClN4. The van der Waals surface area contributed by atoms with Gasteiger partial charge < -0.3 is 4.90 Å². The van der Waals surface area contributed by atoms with E-state index in [1.807, 2.05) is 30.5 Å². The van der Waals surface area contributed by atoms with Gasteiger partial charge in [-0.3, -0.25) is 10.4 Å². The van der Waals surface area contributed by atoms with Gasteiger partial charge in [0.25, 0.3) is 0 Å². The maximum atomic E-state index is 6.04. The Morgan fingerprint density at radius 1 is 1.20 bits per heavy atom. The Bertz CT molecular complexity index is 754. The van der Waals surface area contributed by atoms with Crippen molar-refractivity contribution in [2.75, 3.05) is 25.1 Å².